The van der Waals surface area contributed by atoms with E-state index in [0.29, 0.717) is 29.7 Å². The highest BCUT2D eigenvalue weighted by molar-refractivity contribution is 6.31. The molecule has 2 N–H and O–H groups in total. The summed E-state index contributed by atoms with van der Waals surface area (Å²) >= 11 is 6.06. The van der Waals surface area contributed by atoms with E-state index in [9.17, 15) is 0 Å². The number of nitrogens with zero attached hydrogens (tertiary/aromatic N) is 2. The lowest BCUT2D eigenvalue weighted by molar-refractivity contribution is 0.376. The monoisotopic (exact) mass is 251 g/mol. The summed E-state index contributed by atoms with van der Waals surface area (Å²) in [7, 11) is 0. The number of halogens is 1. The van der Waals surface area contributed by atoms with Gasteiger partial charge in [0.15, 0.2) is 5.82 Å². The number of hydrogen-bond donors (Lipinski definition) is 1. The molecule has 0 bridgehead atoms. The van der Waals surface area contributed by atoms with Gasteiger partial charge < -0.3 is 10.3 Å². The quantitative estimate of drug-likeness (QED) is 0.906. The van der Waals surface area contributed by atoms with Crippen molar-refractivity contribution < 1.29 is 4.52 Å². The van der Waals surface area contributed by atoms with E-state index in [-0.39, 0.29) is 5.92 Å². The summed E-state index contributed by atoms with van der Waals surface area (Å²) < 4.78 is 5.17. The van der Waals surface area contributed by atoms with Crippen LogP contribution in [0.25, 0.3) is 0 Å². The Hall–Kier alpha value is -1.39. The van der Waals surface area contributed by atoms with Crippen LogP contribution in [-0.2, 0) is 6.42 Å². The van der Waals surface area contributed by atoms with Gasteiger partial charge in [0.05, 0.1) is 6.42 Å². The highest BCUT2D eigenvalue weighted by Crippen LogP contribution is 2.19. The smallest absolute Gasteiger partial charge is 0.231 e. The molecule has 0 aliphatic carbocycles. The van der Waals surface area contributed by atoms with Gasteiger partial charge in [-0.15, -0.1) is 0 Å². The van der Waals surface area contributed by atoms with Gasteiger partial charge in [0, 0.05) is 17.5 Å². The molecular weight excluding hydrogens is 238 g/mol. The summed E-state index contributed by atoms with van der Waals surface area (Å²) in [5, 5.41) is 4.61. The third-order valence-corrected chi connectivity index (χ3v) is 2.95. The summed E-state index contributed by atoms with van der Waals surface area (Å²) in [4.78, 5) is 4.30. The predicted octanol–water partition coefficient (Wildman–Crippen LogP) is 2.38. The molecule has 0 amide bonds. The SMILES string of the molecule is CC(CN)c1noc(Cc2ccccc2Cl)n1. The molecule has 0 spiro atoms. The number of hydrogen-bond acceptors (Lipinski definition) is 4. The molecule has 0 aliphatic rings. The van der Waals surface area contributed by atoms with E-state index in [1.807, 2.05) is 31.2 Å². The molecule has 17 heavy (non-hydrogen) atoms. The maximum absolute atomic E-state index is 6.06. The molecular formula is C12H14ClN3O. The van der Waals surface area contributed by atoms with E-state index in [0.717, 1.165) is 5.56 Å². The van der Waals surface area contributed by atoms with Crippen LogP contribution in [0, 0.1) is 0 Å². The molecule has 1 heterocycles. The fraction of sp³-hybridized carbons (Fsp3) is 0.333. The summed E-state index contributed by atoms with van der Waals surface area (Å²) in [6.45, 7) is 2.47. The third kappa shape index (κ3) is 2.84. The van der Waals surface area contributed by atoms with Crippen LogP contribution in [0.15, 0.2) is 28.8 Å². The van der Waals surface area contributed by atoms with E-state index >= 15 is 0 Å². The first-order valence-corrected chi connectivity index (χ1v) is 5.84. The van der Waals surface area contributed by atoms with Crippen molar-refractivity contribution in [1.82, 2.24) is 10.1 Å². The maximum Gasteiger partial charge on any atom is 0.231 e. The van der Waals surface area contributed by atoms with E-state index in [1.54, 1.807) is 0 Å². The molecule has 1 unspecified atom stereocenters. The van der Waals surface area contributed by atoms with E-state index in [4.69, 9.17) is 21.9 Å². The molecule has 2 aromatic rings. The lowest BCUT2D eigenvalue weighted by Crippen LogP contribution is -2.10. The van der Waals surface area contributed by atoms with Crippen LogP contribution in [0.2, 0.25) is 5.02 Å². The number of benzene rings is 1. The summed E-state index contributed by atoms with van der Waals surface area (Å²) in [6.07, 6.45) is 0.546. The van der Waals surface area contributed by atoms with Crippen molar-refractivity contribution in [2.45, 2.75) is 19.3 Å². The second kappa shape index (κ2) is 5.29. The van der Waals surface area contributed by atoms with Crippen molar-refractivity contribution in [3.05, 3.63) is 46.6 Å². The Morgan fingerprint density at radius 1 is 1.41 bits per heavy atom. The van der Waals surface area contributed by atoms with Crippen LogP contribution in [0.4, 0.5) is 0 Å². The molecule has 2 rings (SSSR count). The zero-order valence-corrected chi connectivity index (χ0v) is 10.3. The van der Waals surface area contributed by atoms with E-state index in [1.165, 1.54) is 0 Å². The van der Waals surface area contributed by atoms with Gasteiger partial charge >= 0.3 is 0 Å². The van der Waals surface area contributed by atoms with Gasteiger partial charge in [-0.3, -0.25) is 0 Å². The van der Waals surface area contributed by atoms with Crippen molar-refractivity contribution >= 4 is 11.6 Å². The normalized spacial score (nSPS) is 12.6. The lowest BCUT2D eigenvalue weighted by Gasteiger charge is -2.00. The summed E-state index contributed by atoms with van der Waals surface area (Å²) in [5.41, 5.74) is 6.52. The first-order valence-electron chi connectivity index (χ1n) is 5.46. The van der Waals surface area contributed by atoms with Crippen LogP contribution in [-0.4, -0.2) is 16.7 Å². The molecule has 1 aromatic heterocycles. The minimum Gasteiger partial charge on any atom is -0.339 e. The maximum atomic E-state index is 6.06. The zero-order chi connectivity index (χ0) is 12.3. The Labute approximate surface area is 105 Å². The van der Waals surface area contributed by atoms with Crippen molar-refractivity contribution in [3.8, 4) is 0 Å². The highest BCUT2D eigenvalue weighted by atomic mass is 35.5. The Morgan fingerprint density at radius 2 is 2.18 bits per heavy atom. The molecule has 4 nitrogen and oxygen atoms in total. The van der Waals surface area contributed by atoms with Gasteiger partial charge in [-0.2, -0.15) is 4.98 Å². The molecule has 90 valence electrons. The topological polar surface area (TPSA) is 64.9 Å². The van der Waals surface area contributed by atoms with Crippen LogP contribution in [0.1, 0.15) is 30.1 Å². The average Bonchev–Trinajstić information content (AvgIpc) is 2.80. The number of rotatable bonds is 4. The molecule has 1 aromatic carbocycles. The van der Waals surface area contributed by atoms with Gasteiger partial charge in [0.25, 0.3) is 0 Å². The highest BCUT2D eigenvalue weighted by Gasteiger charge is 2.13. The van der Waals surface area contributed by atoms with Crippen molar-refractivity contribution in [3.63, 3.8) is 0 Å². The second-order valence-electron chi connectivity index (χ2n) is 3.95. The average molecular weight is 252 g/mol. The van der Waals surface area contributed by atoms with Crippen molar-refractivity contribution in [2.24, 2.45) is 5.73 Å². The first-order chi connectivity index (χ1) is 8.20. The fourth-order valence-electron chi connectivity index (χ4n) is 1.45. The van der Waals surface area contributed by atoms with E-state index < -0.39 is 0 Å². The minimum absolute atomic E-state index is 0.110. The second-order valence-corrected chi connectivity index (χ2v) is 4.36. The molecule has 0 radical (unpaired) electrons. The first kappa shape index (κ1) is 12.1. The number of aromatic nitrogens is 2. The van der Waals surface area contributed by atoms with Gasteiger partial charge in [0.1, 0.15) is 0 Å². The van der Waals surface area contributed by atoms with Crippen LogP contribution in [0.3, 0.4) is 0 Å². The molecule has 0 saturated carbocycles. The molecule has 1 atom stereocenters. The standard InChI is InChI=1S/C12H14ClN3O/c1-8(7-14)12-15-11(17-16-12)6-9-4-2-3-5-10(9)13/h2-5,8H,6-7,14H2,1H3. The Morgan fingerprint density at radius 3 is 2.88 bits per heavy atom. The Balaban J connectivity index is 2.14. The van der Waals surface area contributed by atoms with Gasteiger partial charge in [-0.1, -0.05) is 41.9 Å². The molecule has 0 saturated heterocycles. The van der Waals surface area contributed by atoms with Crippen LogP contribution in [0.5, 0.6) is 0 Å². The largest absolute Gasteiger partial charge is 0.339 e. The predicted molar refractivity (Wildman–Crippen MR) is 66.0 cm³/mol. The Kier molecular flexibility index (Phi) is 3.76. The van der Waals surface area contributed by atoms with Crippen LogP contribution < -0.4 is 5.73 Å². The van der Waals surface area contributed by atoms with Gasteiger partial charge in [-0.05, 0) is 11.6 Å². The Bertz CT molecular complexity index is 498. The van der Waals surface area contributed by atoms with E-state index in [2.05, 4.69) is 10.1 Å². The summed E-state index contributed by atoms with van der Waals surface area (Å²) in [6, 6.07) is 7.61. The minimum atomic E-state index is 0.110. The zero-order valence-electron chi connectivity index (χ0n) is 9.56. The summed E-state index contributed by atoms with van der Waals surface area (Å²) in [5.74, 6) is 1.32. The lowest BCUT2D eigenvalue weighted by atomic mass is 10.1. The van der Waals surface area contributed by atoms with Crippen molar-refractivity contribution in [2.75, 3.05) is 6.54 Å². The van der Waals surface area contributed by atoms with Gasteiger partial charge in [0.2, 0.25) is 5.89 Å². The van der Waals surface area contributed by atoms with Gasteiger partial charge in [-0.25, -0.2) is 0 Å². The number of nitrogens with two attached hydrogens (primary N) is 1. The van der Waals surface area contributed by atoms with Crippen LogP contribution >= 0.6 is 11.6 Å². The fourth-order valence-corrected chi connectivity index (χ4v) is 1.65. The molecule has 0 fully saturated rings. The third-order valence-electron chi connectivity index (χ3n) is 2.58. The molecule has 0 aliphatic heterocycles. The van der Waals surface area contributed by atoms with Crippen molar-refractivity contribution in [1.29, 1.82) is 0 Å². The molecule has 5 heteroatoms.